The van der Waals surface area contributed by atoms with Crippen LogP contribution in [0.4, 0.5) is 10.5 Å². The van der Waals surface area contributed by atoms with Gasteiger partial charge in [0.2, 0.25) is 5.88 Å². The van der Waals surface area contributed by atoms with Crippen LogP contribution in [0.3, 0.4) is 0 Å². The van der Waals surface area contributed by atoms with Crippen molar-refractivity contribution in [3.05, 3.63) is 28.8 Å². The Morgan fingerprint density at radius 3 is 2.31 bits per heavy atom. The zero-order valence-electron chi connectivity index (χ0n) is 26.1. The Bertz CT molecular complexity index is 1270. The number of ether oxygens (including phenoxy) is 5. The van der Waals surface area contributed by atoms with Crippen molar-refractivity contribution in [1.29, 1.82) is 0 Å². The van der Waals surface area contributed by atoms with Crippen LogP contribution >= 0.6 is 0 Å². The lowest BCUT2D eigenvalue weighted by atomic mass is 9.94. The van der Waals surface area contributed by atoms with E-state index < -0.39 is 11.6 Å². The van der Waals surface area contributed by atoms with Gasteiger partial charge in [0.1, 0.15) is 11.3 Å². The number of carbonyl (C=O) groups excluding carboxylic acids is 2. The number of rotatable bonds is 12. The van der Waals surface area contributed by atoms with Gasteiger partial charge in [-0.15, -0.1) is 0 Å². The number of esters is 1. The Kier molecular flexibility index (Phi) is 10.6. The average Bonchev–Trinajstić information content (AvgIpc) is 3.29. The zero-order chi connectivity index (χ0) is 30.3. The quantitative estimate of drug-likeness (QED) is 0.190. The molecule has 1 amide bonds. The molecule has 0 bridgehead atoms. The first-order chi connectivity index (χ1) is 20.2. The lowest BCUT2D eigenvalue weighted by Crippen LogP contribution is -2.35. The van der Waals surface area contributed by atoms with Crippen LogP contribution in [0.1, 0.15) is 102 Å². The summed E-state index contributed by atoms with van der Waals surface area (Å²) in [6.07, 6.45) is 6.15. The van der Waals surface area contributed by atoms with Crippen molar-refractivity contribution in [2.45, 2.75) is 98.5 Å². The number of benzene rings is 1. The number of hydrogen-bond donors (Lipinski definition) is 0. The molecule has 0 saturated heterocycles. The molecule has 230 valence electrons. The topological polar surface area (TPSA) is 96.4 Å². The molecule has 0 N–H and O–H groups in total. The molecule has 0 atom stereocenters. The fourth-order valence-corrected chi connectivity index (χ4v) is 5.10. The summed E-state index contributed by atoms with van der Waals surface area (Å²) in [6.45, 7) is 13.9. The maximum Gasteiger partial charge on any atom is 0.414 e. The molecule has 0 aliphatic carbocycles. The van der Waals surface area contributed by atoms with Gasteiger partial charge in [0, 0.05) is 18.5 Å². The zero-order valence-corrected chi connectivity index (χ0v) is 26.1. The minimum Gasteiger partial charge on any atom is -0.489 e. The normalized spacial score (nSPS) is 13.8. The molecule has 2 aliphatic rings. The van der Waals surface area contributed by atoms with Crippen LogP contribution < -0.4 is 19.1 Å². The third kappa shape index (κ3) is 7.10. The summed E-state index contributed by atoms with van der Waals surface area (Å²) in [6, 6.07) is 3.92. The summed E-state index contributed by atoms with van der Waals surface area (Å²) < 4.78 is 30.1. The van der Waals surface area contributed by atoms with Crippen molar-refractivity contribution < 1.29 is 33.3 Å². The molecule has 0 radical (unpaired) electrons. The Labute approximate surface area is 249 Å². The van der Waals surface area contributed by atoms with E-state index in [4.69, 9.17) is 28.7 Å². The SMILES string of the molecule is CCCCOC(=O)c1c(OCCCC)nc2c(c1OCCCC)OCCc1c-2ccc2c1CCN2C(=O)OC(C)(C)C. The van der Waals surface area contributed by atoms with E-state index in [1.54, 1.807) is 4.90 Å². The van der Waals surface area contributed by atoms with Crippen LogP contribution in [0.25, 0.3) is 11.3 Å². The lowest BCUT2D eigenvalue weighted by molar-refractivity contribution is 0.0486. The van der Waals surface area contributed by atoms with Crippen LogP contribution in [0.5, 0.6) is 17.4 Å². The molecule has 0 saturated carbocycles. The third-order valence-electron chi connectivity index (χ3n) is 7.24. The first kappa shape index (κ1) is 31.4. The Balaban J connectivity index is 1.83. The van der Waals surface area contributed by atoms with Gasteiger partial charge >= 0.3 is 12.1 Å². The van der Waals surface area contributed by atoms with Crippen molar-refractivity contribution in [2.24, 2.45) is 0 Å². The van der Waals surface area contributed by atoms with Crippen molar-refractivity contribution >= 4 is 17.7 Å². The molecule has 3 heterocycles. The van der Waals surface area contributed by atoms with Crippen molar-refractivity contribution in [3.63, 3.8) is 0 Å². The largest absolute Gasteiger partial charge is 0.489 e. The summed E-state index contributed by atoms with van der Waals surface area (Å²) in [7, 11) is 0. The number of hydrogen-bond acceptors (Lipinski definition) is 8. The number of unbranched alkanes of at least 4 members (excludes halogenated alkanes) is 3. The monoisotopic (exact) mass is 582 g/mol. The number of aromatic nitrogens is 1. The minimum atomic E-state index is -0.583. The molecule has 1 aromatic carbocycles. The number of carbonyl (C=O) groups is 2. The summed E-state index contributed by atoms with van der Waals surface area (Å²) in [5.41, 5.74) is 4.06. The van der Waals surface area contributed by atoms with Crippen LogP contribution in [-0.4, -0.2) is 55.6 Å². The number of pyridine rings is 1. The van der Waals surface area contributed by atoms with Gasteiger partial charge in [-0.1, -0.05) is 46.1 Å². The van der Waals surface area contributed by atoms with Gasteiger partial charge in [-0.2, -0.15) is 0 Å². The fraction of sp³-hybridized carbons (Fsp3) is 0.606. The van der Waals surface area contributed by atoms with E-state index in [9.17, 15) is 9.59 Å². The Morgan fingerprint density at radius 2 is 1.62 bits per heavy atom. The molecule has 4 rings (SSSR count). The fourth-order valence-electron chi connectivity index (χ4n) is 5.10. The van der Waals surface area contributed by atoms with Crippen molar-refractivity contribution in [2.75, 3.05) is 37.9 Å². The average molecular weight is 583 g/mol. The van der Waals surface area contributed by atoms with Gasteiger partial charge in [0.25, 0.3) is 0 Å². The van der Waals surface area contributed by atoms with E-state index in [1.165, 1.54) is 0 Å². The summed E-state index contributed by atoms with van der Waals surface area (Å²) in [5, 5.41) is 0. The standard InChI is InChI=1S/C33H46N2O7/c1-7-10-18-38-28-26(31(36)41-20-12-9-3)30(40-19-11-8-2)34-27-24-13-14-25-23(22(24)16-21-39-29(27)28)15-17-35(25)32(37)42-33(4,5)6/h13-14H,7-12,15-21H2,1-6H3. The second-order valence-corrected chi connectivity index (χ2v) is 11.8. The molecular formula is C33H46N2O7. The Hall–Kier alpha value is -3.49. The summed E-state index contributed by atoms with van der Waals surface area (Å²) in [5.74, 6) is 0.427. The maximum absolute atomic E-state index is 13.5. The molecule has 2 aromatic rings. The predicted molar refractivity (Wildman–Crippen MR) is 162 cm³/mol. The highest BCUT2D eigenvalue weighted by Gasteiger charge is 2.36. The molecular weight excluding hydrogens is 536 g/mol. The number of anilines is 1. The van der Waals surface area contributed by atoms with Crippen LogP contribution in [0.2, 0.25) is 0 Å². The van der Waals surface area contributed by atoms with Crippen LogP contribution in [0.15, 0.2) is 12.1 Å². The van der Waals surface area contributed by atoms with E-state index in [0.717, 1.165) is 60.9 Å². The molecule has 2 aliphatic heterocycles. The van der Waals surface area contributed by atoms with Gasteiger partial charge in [0.05, 0.1) is 32.1 Å². The highest BCUT2D eigenvalue weighted by Crippen LogP contribution is 2.48. The van der Waals surface area contributed by atoms with Gasteiger partial charge < -0.3 is 23.7 Å². The van der Waals surface area contributed by atoms with Crippen LogP contribution in [0, 0.1) is 0 Å². The van der Waals surface area contributed by atoms with E-state index >= 15 is 0 Å². The van der Waals surface area contributed by atoms with Crippen molar-refractivity contribution in [3.8, 4) is 28.6 Å². The van der Waals surface area contributed by atoms with E-state index in [0.29, 0.717) is 63.0 Å². The van der Waals surface area contributed by atoms with E-state index in [1.807, 2.05) is 39.8 Å². The van der Waals surface area contributed by atoms with Gasteiger partial charge in [-0.3, -0.25) is 4.90 Å². The lowest BCUT2D eigenvalue weighted by Gasteiger charge is -2.25. The summed E-state index contributed by atoms with van der Waals surface area (Å²) >= 11 is 0. The maximum atomic E-state index is 13.5. The Morgan fingerprint density at radius 1 is 0.929 bits per heavy atom. The molecule has 1 aromatic heterocycles. The molecule has 42 heavy (non-hydrogen) atoms. The molecule has 0 spiro atoms. The number of amides is 1. The number of nitrogens with zero attached hydrogens (tertiary/aromatic N) is 2. The molecule has 0 fully saturated rings. The molecule has 0 unspecified atom stereocenters. The predicted octanol–water partition coefficient (Wildman–Crippen LogP) is 7.30. The van der Waals surface area contributed by atoms with Gasteiger partial charge in [0.15, 0.2) is 17.1 Å². The smallest absolute Gasteiger partial charge is 0.414 e. The minimum absolute atomic E-state index is 0.178. The first-order valence-corrected chi connectivity index (χ1v) is 15.5. The molecule has 9 nitrogen and oxygen atoms in total. The summed E-state index contributed by atoms with van der Waals surface area (Å²) in [4.78, 5) is 33.1. The molecule has 9 heteroatoms. The second-order valence-electron chi connectivity index (χ2n) is 11.8. The highest BCUT2D eigenvalue weighted by atomic mass is 16.6. The first-order valence-electron chi connectivity index (χ1n) is 15.5. The van der Waals surface area contributed by atoms with Crippen molar-refractivity contribution in [1.82, 2.24) is 4.98 Å². The van der Waals surface area contributed by atoms with E-state index in [-0.39, 0.29) is 17.5 Å². The second kappa shape index (κ2) is 14.1. The van der Waals surface area contributed by atoms with E-state index in [2.05, 4.69) is 13.8 Å². The van der Waals surface area contributed by atoms with Crippen LogP contribution in [-0.2, 0) is 22.3 Å². The van der Waals surface area contributed by atoms with Gasteiger partial charge in [-0.05, 0) is 63.6 Å². The number of fused-ring (bicyclic) bond motifs is 5. The highest BCUT2D eigenvalue weighted by molar-refractivity contribution is 5.98. The third-order valence-corrected chi connectivity index (χ3v) is 7.24. The van der Waals surface area contributed by atoms with Gasteiger partial charge in [-0.25, -0.2) is 14.6 Å².